The second-order valence-electron chi connectivity index (χ2n) is 6.04. The zero-order valence-corrected chi connectivity index (χ0v) is 12.5. The molecule has 0 saturated heterocycles. The van der Waals surface area contributed by atoms with Gasteiger partial charge < -0.3 is 4.98 Å². The third kappa shape index (κ3) is 1.83. The van der Waals surface area contributed by atoms with Gasteiger partial charge in [0.15, 0.2) is 0 Å². The summed E-state index contributed by atoms with van der Waals surface area (Å²) in [5, 5.41) is 1.22. The Balaban J connectivity index is 1.85. The van der Waals surface area contributed by atoms with Gasteiger partial charge in [-0.3, -0.25) is 9.97 Å². The van der Waals surface area contributed by atoms with E-state index in [9.17, 15) is 0 Å². The number of benzene rings is 1. The fourth-order valence-electron chi connectivity index (χ4n) is 3.75. The van der Waals surface area contributed by atoms with Gasteiger partial charge in [-0.2, -0.15) is 0 Å². The van der Waals surface area contributed by atoms with Gasteiger partial charge in [-0.1, -0.05) is 30.3 Å². The van der Waals surface area contributed by atoms with Gasteiger partial charge in [-0.05, 0) is 35.2 Å². The number of fused-ring (bicyclic) bond motifs is 5. The molecular weight excluding hydrogens is 282 g/mol. The molecule has 110 valence electrons. The van der Waals surface area contributed by atoms with Crippen LogP contribution in [0, 0.1) is 0 Å². The first-order valence-corrected chi connectivity index (χ1v) is 7.85. The van der Waals surface area contributed by atoms with E-state index in [4.69, 9.17) is 0 Å². The van der Waals surface area contributed by atoms with Crippen molar-refractivity contribution >= 4 is 10.9 Å². The van der Waals surface area contributed by atoms with Gasteiger partial charge in [-0.15, -0.1) is 0 Å². The summed E-state index contributed by atoms with van der Waals surface area (Å²) in [5.74, 6) is 0.334. The lowest BCUT2D eigenvalue weighted by molar-refractivity contribution is 0.795. The van der Waals surface area contributed by atoms with Crippen LogP contribution in [0.2, 0.25) is 0 Å². The fourth-order valence-corrected chi connectivity index (χ4v) is 3.75. The zero-order valence-electron chi connectivity index (χ0n) is 12.5. The minimum absolute atomic E-state index is 0.334. The first kappa shape index (κ1) is 12.6. The molecule has 1 aliphatic rings. The number of hydrogen-bond donors (Lipinski definition) is 1. The smallest absolute Gasteiger partial charge is 0.0508 e. The number of H-pyrrole nitrogens is 1. The highest BCUT2D eigenvalue weighted by Gasteiger charge is 2.29. The van der Waals surface area contributed by atoms with E-state index in [-0.39, 0.29) is 0 Å². The maximum Gasteiger partial charge on any atom is 0.0508 e. The molecule has 5 rings (SSSR count). The SMILES string of the molecule is c1ccc(C2Cc3cnccc3-c3[nH]c4ccncc4c32)cc1. The molecule has 1 N–H and O–H groups in total. The number of aromatic amines is 1. The number of pyridine rings is 2. The number of hydrogen-bond acceptors (Lipinski definition) is 2. The van der Waals surface area contributed by atoms with Crippen LogP contribution in [0.1, 0.15) is 22.6 Å². The van der Waals surface area contributed by atoms with Crippen LogP contribution in [0.5, 0.6) is 0 Å². The average Bonchev–Trinajstić information content (AvgIpc) is 3.02. The number of aromatic nitrogens is 3. The van der Waals surface area contributed by atoms with Crippen LogP contribution in [0.4, 0.5) is 0 Å². The molecule has 0 amide bonds. The van der Waals surface area contributed by atoms with Crippen molar-refractivity contribution < 1.29 is 0 Å². The Bertz CT molecular complexity index is 1000. The molecule has 1 aliphatic carbocycles. The predicted molar refractivity (Wildman–Crippen MR) is 91.3 cm³/mol. The van der Waals surface area contributed by atoms with E-state index in [1.54, 1.807) is 0 Å². The van der Waals surface area contributed by atoms with Crippen LogP contribution in [0.25, 0.3) is 22.2 Å². The topological polar surface area (TPSA) is 41.6 Å². The molecule has 0 bridgehead atoms. The molecule has 1 unspecified atom stereocenters. The predicted octanol–water partition coefficient (Wildman–Crippen LogP) is 4.31. The summed E-state index contributed by atoms with van der Waals surface area (Å²) in [4.78, 5) is 12.3. The molecule has 3 nitrogen and oxygen atoms in total. The molecule has 3 heterocycles. The maximum absolute atomic E-state index is 4.34. The van der Waals surface area contributed by atoms with Crippen LogP contribution >= 0.6 is 0 Å². The first-order chi connectivity index (χ1) is 11.4. The Hall–Kier alpha value is -2.94. The fraction of sp³-hybridized carbons (Fsp3) is 0.100. The third-order valence-electron chi connectivity index (χ3n) is 4.79. The van der Waals surface area contributed by atoms with Crippen LogP contribution in [-0.2, 0) is 6.42 Å². The van der Waals surface area contributed by atoms with Crippen molar-refractivity contribution in [3.8, 4) is 11.3 Å². The highest BCUT2D eigenvalue weighted by atomic mass is 14.8. The van der Waals surface area contributed by atoms with Gasteiger partial charge in [0, 0.05) is 47.2 Å². The van der Waals surface area contributed by atoms with Crippen molar-refractivity contribution in [1.82, 2.24) is 15.0 Å². The van der Waals surface area contributed by atoms with Gasteiger partial charge in [0.05, 0.1) is 5.69 Å². The summed E-state index contributed by atoms with van der Waals surface area (Å²) in [5.41, 5.74) is 7.62. The van der Waals surface area contributed by atoms with Crippen molar-refractivity contribution in [3.63, 3.8) is 0 Å². The number of nitrogens with one attached hydrogen (secondary N) is 1. The summed E-state index contributed by atoms with van der Waals surface area (Å²) in [7, 11) is 0. The van der Waals surface area contributed by atoms with Crippen molar-refractivity contribution in [2.75, 3.05) is 0 Å². The molecule has 1 aromatic carbocycles. The van der Waals surface area contributed by atoms with Gasteiger partial charge >= 0.3 is 0 Å². The second kappa shape index (κ2) is 4.78. The molecule has 3 aromatic heterocycles. The highest BCUT2D eigenvalue weighted by molar-refractivity contribution is 5.93. The molecule has 3 heteroatoms. The van der Waals surface area contributed by atoms with E-state index in [1.807, 2.05) is 24.8 Å². The van der Waals surface area contributed by atoms with E-state index < -0.39 is 0 Å². The number of rotatable bonds is 1. The molecule has 4 aromatic rings. The lowest BCUT2D eigenvalue weighted by Gasteiger charge is -2.25. The van der Waals surface area contributed by atoms with Gasteiger partial charge in [0.25, 0.3) is 0 Å². The maximum atomic E-state index is 4.34. The van der Waals surface area contributed by atoms with Crippen LogP contribution < -0.4 is 0 Å². The quantitative estimate of drug-likeness (QED) is 0.568. The van der Waals surface area contributed by atoms with Gasteiger partial charge in [-0.25, -0.2) is 0 Å². The molecule has 0 radical (unpaired) electrons. The van der Waals surface area contributed by atoms with Crippen molar-refractivity contribution in [2.45, 2.75) is 12.3 Å². The molecule has 0 spiro atoms. The van der Waals surface area contributed by atoms with Crippen molar-refractivity contribution in [1.29, 1.82) is 0 Å². The largest absolute Gasteiger partial charge is 0.354 e. The van der Waals surface area contributed by atoms with Gasteiger partial charge in [0.2, 0.25) is 0 Å². The number of nitrogens with zero attached hydrogens (tertiary/aromatic N) is 2. The molecule has 23 heavy (non-hydrogen) atoms. The summed E-state index contributed by atoms with van der Waals surface area (Å²) in [6.07, 6.45) is 8.66. The van der Waals surface area contributed by atoms with E-state index in [0.717, 1.165) is 11.9 Å². The lowest BCUT2D eigenvalue weighted by atomic mass is 9.78. The standard InChI is InChI=1S/C20H15N3/c1-2-4-13(5-3-1)16-10-14-11-21-8-6-15(14)20-19(16)17-12-22-9-7-18(17)23-20/h1-9,11-12,16,23H,10H2. The highest BCUT2D eigenvalue weighted by Crippen LogP contribution is 2.45. The van der Waals surface area contributed by atoms with Crippen molar-refractivity contribution in [2.24, 2.45) is 0 Å². The molecule has 1 atom stereocenters. The summed E-state index contributed by atoms with van der Waals surface area (Å²) >= 11 is 0. The first-order valence-electron chi connectivity index (χ1n) is 7.85. The van der Waals surface area contributed by atoms with Crippen LogP contribution in [-0.4, -0.2) is 15.0 Å². The minimum atomic E-state index is 0.334. The average molecular weight is 297 g/mol. The summed E-state index contributed by atoms with van der Waals surface area (Å²) in [6, 6.07) is 14.9. The lowest BCUT2D eigenvalue weighted by Crippen LogP contribution is -2.12. The Morgan fingerprint density at radius 3 is 2.65 bits per heavy atom. The van der Waals surface area contributed by atoms with E-state index in [2.05, 4.69) is 57.4 Å². The van der Waals surface area contributed by atoms with E-state index in [0.29, 0.717) is 5.92 Å². The molecule has 0 fully saturated rings. The van der Waals surface area contributed by atoms with Gasteiger partial charge in [0.1, 0.15) is 0 Å². The Morgan fingerprint density at radius 1 is 0.913 bits per heavy atom. The Morgan fingerprint density at radius 2 is 1.74 bits per heavy atom. The van der Waals surface area contributed by atoms with Crippen LogP contribution in [0.3, 0.4) is 0 Å². The monoisotopic (exact) mass is 297 g/mol. The van der Waals surface area contributed by atoms with E-state index >= 15 is 0 Å². The zero-order chi connectivity index (χ0) is 15.2. The summed E-state index contributed by atoms with van der Waals surface area (Å²) < 4.78 is 0. The summed E-state index contributed by atoms with van der Waals surface area (Å²) in [6.45, 7) is 0. The third-order valence-corrected chi connectivity index (χ3v) is 4.79. The van der Waals surface area contributed by atoms with Crippen LogP contribution in [0.15, 0.2) is 67.3 Å². The van der Waals surface area contributed by atoms with E-state index in [1.165, 1.54) is 33.3 Å². The molecular formula is C20H15N3. The Labute approximate surface area is 134 Å². The normalized spacial score (nSPS) is 16.1. The molecule has 0 aliphatic heterocycles. The Kier molecular flexibility index (Phi) is 2.62. The minimum Gasteiger partial charge on any atom is -0.354 e. The van der Waals surface area contributed by atoms with Crippen molar-refractivity contribution in [3.05, 3.63) is 83.9 Å². The second-order valence-corrected chi connectivity index (χ2v) is 6.04. The molecule has 0 saturated carbocycles.